The molecule has 0 bridgehead atoms. The fraction of sp³-hybridized carbons (Fsp3) is 0.417. The summed E-state index contributed by atoms with van der Waals surface area (Å²) in [6.45, 7) is 0.375. The Morgan fingerprint density at radius 2 is 1.97 bits per heavy atom. The van der Waals surface area contributed by atoms with Crippen LogP contribution in [0.25, 0.3) is 5.65 Å². The Labute approximate surface area is 189 Å². The van der Waals surface area contributed by atoms with Crippen molar-refractivity contribution in [3.05, 3.63) is 65.1 Å². The molecule has 1 saturated carbocycles. The molecule has 2 fully saturated rings. The standard InChI is InChI=1S/C24H23F2N5O2/c25-20-9-16(12-27)8-19(11-20)22-5-6-33-31(22)24(32)18-3-1-15(2-4-18)7-17-10-21(26)23-28-14-29-30(23)13-17/h8-11,13-15,18,22H,1-7H2/t15-,18-,22-/m0/s1. The van der Waals surface area contributed by atoms with Crippen LogP contribution in [0.2, 0.25) is 0 Å². The van der Waals surface area contributed by atoms with Crippen LogP contribution in [0, 0.1) is 34.8 Å². The number of pyridine rings is 1. The van der Waals surface area contributed by atoms with Crippen LogP contribution in [0.3, 0.4) is 0 Å². The minimum Gasteiger partial charge on any atom is -0.272 e. The number of carbonyl (C=O) groups is 1. The molecule has 0 N–H and O–H groups in total. The van der Waals surface area contributed by atoms with Gasteiger partial charge in [0.1, 0.15) is 12.1 Å². The lowest BCUT2D eigenvalue weighted by Crippen LogP contribution is -2.36. The molecule has 0 spiro atoms. The highest BCUT2D eigenvalue weighted by atomic mass is 19.1. The number of aromatic nitrogens is 3. The van der Waals surface area contributed by atoms with Gasteiger partial charge in [-0.2, -0.15) is 10.4 Å². The SMILES string of the molecule is N#Cc1cc(F)cc([C@@H]2CCON2C(=O)[C@H]2CC[C@H](Cc3cc(F)c4ncnn4c3)CC2)c1. The van der Waals surface area contributed by atoms with Gasteiger partial charge in [0.25, 0.3) is 0 Å². The van der Waals surface area contributed by atoms with E-state index in [0.717, 1.165) is 37.7 Å². The van der Waals surface area contributed by atoms with Gasteiger partial charge >= 0.3 is 0 Å². The lowest BCUT2D eigenvalue weighted by atomic mass is 9.79. The maximum Gasteiger partial charge on any atom is 0.249 e. The van der Waals surface area contributed by atoms with Crippen molar-refractivity contribution in [3.8, 4) is 6.07 Å². The van der Waals surface area contributed by atoms with Crippen molar-refractivity contribution in [3.63, 3.8) is 0 Å². The minimum absolute atomic E-state index is 0.0891. The van der Waals surface area contributed by atoms with E-state index in [4.69, 9.17) is 10.1 Å². The molecule has 1 atom stereocenters. The number of benzene rings is 1. The van der Waals surface area contributed by atoms with E-state index in [0.29, 0.717) is 24.5 Å². The molecule has 2 aliphatic rings. The van der Waals surface area contributed by atoms with E-state index < -0.39 is 11.9 Å². The summed E-state index contributed by atoms with van der Waals surface area (Å²) in [5, 5.41) is 14.5. The van der Waals surface area contributed by atoms with Gasteiger partial charge in [-0.25, -0.2) is 23.3 Å². The van der Waals surface area contributed by atoms with E-state index in [2.05, 4.69) is 10.1 Å². The van der Waals surface area contributed by atoms with Crippen LogP contribution in [0.1, 0.15) is 54.8 Å². The fourth-order valence-corrected chi connectivity index (χ4v) is 5.03. The molecule has 1 aliphatic carbocycles. The van der Waals surface area contributed by atoms with Gasteiger partial charge in [0.15, 0.2) is 11.5 Å². The Kier molecular flexibility index (Phi) is 5.77. The number of nitriles is 1. The summed E-state index contributed by atoms with van der Waals surface area (Å²) in [4.78, 5) is 22.8. The quantitative estimate of drug-likeness (QED) is 0.596. The lowest BCUT2D eigenvalue weighted by Gasteiger charge is -2.32. The third-order valence-electron chi connectivity index (χ3n) is 6.66. The molecule has 3 heterocycles. The second-order valence-corrected chi connectivity index (χ2v) is 8.83. The minimum atomic E-state index is -0.496. The van der Waals surface area contributed by atoms with Crippen molar-refractivity contribution in [2.75, 3.05) is 6.61 Å². The van der Waals surface area contributed by atoms with E-state index in [-0.39, 0.29) is 28.9 Å². The average molecular weight is 451 g/mol. The highest BCUT2D eigenvalue weighted by molar-refractivity contribution is 5.78. The Hall–Kier alpha value is -3.38. The van der Waals surface area contributed by atoms with Crippen molar-refractivity contribution >= 4 is 11.6 Å². The molecule has 7 nitrogen and oxygen atoms in total. The van der Waals surface area contributed by atoms with Gasteiger partial charge in [0, 0.05) is 18.5 Å². The van der Waals surface area contributed by atoms with E-state index >= 15 is 0 Å². The Balaban J connectivity index is 1.23. The predicted octanol–water partition coefficient (Wildman–Crippen LogP) is 4.13. The second-order valence-electron chi connectivity index (χ2n) is 8.83. The first-order chi connectivity index (χ1) is 16.0. The monoisotopic (exact) mass is 451 g/mol. The molecule has 1 saturated heterocycles. The molecule has 1 aliphatic heterocycles. The Morgan fingerprint density at radius 3 is 2.76 bits per heavy atom. The van der Waals surface area contributed by atoms with Gasteiger partial charge < -0.3 is 0 Å². The zero-order chi connectivity index (χ0) is 22.9. The summed E-state index contributed by atoms with van der Waals surface area (Å²) in [5.41, 5.74) is 1.89. The molecule has 1 amide bonds. The van der Waals surface area contributed by atoms with Crippen LogP contribution in [0.5, 0.6) is 0 Å². The molecule has 9 heteroatoms. The van der Waals surface area contributed by atoms with E-state index in [1.165, 1.54) is 34.1 Å². The van der Waals surface area contributed by atoms with E-state index in [9.17, 15) is 13.6 Å². The smallest absolute Gasteiger partial charge is 0.249 e. The van der Waals surface area contributed by atoms with Crippen LogP contribution < -0.4 is 0 Å². The number of halogens is 2. The summed E-state index contributed by atoms with van der Waals surface area (Å²) >= 11 is 0. The zero-order valence-corrected chi connectivity index (χ0v) is 18.0. The predicted molar refractivity (Wildman–Crippen MR) is 113 cm³/mol. The highest BCUT2D eigenvalue weighted by Gasteiger charge is 2.37. The van der Waals surface area contributed by atoms with Gasteiger partial charge in [-0.3, -0.25) is 9.63 Å². The number of rotatable bonds is 4. The maximum absolute atomic E-state index is 14.2. The van der Waals surface area contributed by atoms with Crippen molar-refractivity contribution in [2.45, 2.75) is 44.6 Å². The first kappa shape index (κ1) is 21.5. The van der Waals surface area contributed by atoms with Crippen LogP contribution in [-0.4, -0.2) is 32.2 Å². The van der Waals surface area contributed by atoms with Crippen LogP contribution in [0.15, 0.2) is 36.8 Å². The molecule has 5 rings (SSSR count). The second kappa shape index (κ2) is 8.87. The van der Waals surface area contributed by atoms with Crippen LogP contribution in [-0.2, 0) is 16.1 Å². The van der Waals surface area contributed by atoms with Crippen molar-refractivity contribution in [1.29, 1.82) is 5.26 Å². The molecule has 2 aromatic heterocycles. The third-order valence-corrected chi connectivity index (χ3v) is 6.66. The number of nitrogens with zero attached hydrogens (tertiary/aromatic N) is 5. The van der Waals surface area contributed by atoms with Gasteiger partial charge in [-0.15, -0.1) is 0 Å². The molecule has 1 aromatic carbocycles. The van der Waals surface area contributed by atoms with Crippen LogP contribution >= 0.6 is 0 Å². The first-order valence-electron chi connectivity index (χ1n) is 11.2. The molecule has 170 valence electrons. The van der Waals surface area contributed by atoms with Gasteiger partial charge in [0.05, 0.1) is 24.3 Å². The summed E-state index contributed by atoms with van der Waals surface area (Å²) < 4.78 is 29.6. The Bertz CT molecular complexity index is 1230. The zero-order valence-electron chi connectivity index (χ0n) is 18.0. The van der Waals surface area contributed by atoms with E-state index in [1.807, 2.05) is 6.07 Å². The van der Waals surface area contributed by atoms with Crippen molar-refractivity contribution in [1.82, 2.24) is 19.7 Å². The number of amides is 1. The molecular formula is C24H23F2N5O2. The maximum atomic E-state index is 14.2. The first-order valence-corrected chi connectivity index (χ1v) is 11.2. The number of fused-ring (bicyclic) bond motifs is 1. The number of hydroxylamine groups is 2. The Morgan fingerprint density at radius 1 is 1.15 bits per heavy atom. The number of hydrogen-bond donors (Lipinski definition) is 0. The molecule has 3 aromatic rings. The molecular weight excluding hydrogens is 428 g/mol. The topological polar surface area (TPSA) is 83.5 Å². The van der Waals surface area contributed by atoms with Gasteiger partial charge in [-0.1, -0.05) is 0 Å². The molecule has 0 unspecified atom stereocenters. The average Bonchev–Trinajstić information content (AvgIpc) is 3.49. The van der Waals surface area contributed by atoms with Crippen molar-refractivity contribution < 1.29 is 18.4 Å². The summed E-state index contributed by atoms with van der Waals surface area (Å²) in [5.74, 6) is -0.785. The number of carbonyl (C=O) groups excluding carboxylic acids is 1. The normalized spacial score (nSPS) is 23.1. The van der Waals surface area contributed by atoms with Crippen molar-refractivity contribution in [2.24, 2.45) is 11.8 Å². The summed E-state index contributed by atoms with van der Waals surface area (Å²) in [7, 11) is 0. The molecule has 0 radical (unpaired) electrons. The third kappa shape index (κ3) is 4.31. The summed E-state index contributed by atoms with van der Waals surface area (Å²) in [6, 6.07) is 7.24. The largest absolute Gasteiger partial charge is 0.272 e. The molecule has 33 heavy (non-hydrogen) atoms. The fourth-order valence-electron chi connectivity index (χ4n) is 5.03. The number of hydrogen-bond acceptors (Lipinski definition) is 5. The highest BCUT2D eigenvalue weighted by Crippen LogP contribution is 2.37. The van der Waals surface area contributed by atoms with Gasteiger partial charge in [-0.05, 0) is 73.4 Å². The summed E-state index contributed by atoms with van der Waals surface area (Å²) in [6.07, 6.45) is 7.56. The van der Waals surface area contributed by atoms with Gasteiger partial charge in [0.2, 0.25) is 5.91 Å². The van der Waals surface area contributed by atoms with Crippen LogP contribution in [0.4, 0.5) is 8.78 Å². The lowest BCUT2D eigenvalue weighted by molar-refractivity contribution is -0.183. The van der Waals surface area contributed by atoms with E-state index in [1.54, 1.807) is 12.3 Å².